The van der Waals surface area contributed by atoms with Gasteiger partial charge in [-0.25, -0.2) is 0 Å². The van der Waals surface area contributed by atoms with Gasteiger partial charge in [-0.2, -0.15) is 5.26 Å². The lowest BCUT2D eigenvalue weighted by molar-refractivity contribution is 0.409. The van der Waals surface area contributed by atoms with Crippen molar-refractivity contribution in [2.45, 2.75) is 0 Å². The van der Waals surface area contributed by atoms with Crippen LogP contribution in [0.15, 0.2) is 54.6 Å². The highest BCUT2D eigenvalue weighted by molar-refractivity contribution is 5.62. The largest absolute Gasteiger partial charge is 0.495 e. The number of nitriles is 1. The maximum absolute atomic E-state index is 9.03. The van der Waals surface area contributed by atoms with Crippen molar-refractivity contribution in [2.24, 2.45) is 0 Å². The number of hydrogen-bond acceptors (Lipinski definition) is 4. The van der Waals surface area contributed by atoms with E-state index in [2.05, 4.69) is 11.4 Å². The summed E-state index contributed by atoms with van der Waals surface area (Å²) in [6.45, 7) is 0.692. The minimum Gasteiger partial charge on any atom is -0.495 e. The van der Waals surface area contributed by atoms with Crippen molar-refractivity contribution in [2.75, 3.05) is 20.7 Å². The number of ether oxygens (including phenoxy) is 2. The molecule has 2 aromatic carbocycles. The normalized spacial score (nSPS) is 10.9. The molecule has 0 aromatic heterocycles. The van der Waals surface area contributed by atoms with Crippen LogP contribution in [0.3, 0.4) is 0 Å². The lowest BCUT2D eigenvalue weighted by Gasteiger charge is -2.12. The summed E-state index contributed by atoms with van der Waals surface area (Å²) in [6.07, 6.45) is 1.97. The molecule has 0 fully saturated rings. The van der Waals surface area contributed by atoms with Crippen LogP contribution in [0.4, 0.5) is 0 Å². The molecule has 112 valence electrons. The molecule has 0 atom stereocenters. The van der Waals surface area contributed by atoms with Crippen LogP contribution in [-0.2, 0) is 0 Å². The Morgan fingerprint density at radius 1 is 1.23 bits per heavy atom. The zero-order chi connectivity index (χ0) is 15.8. The zero-order valence-corrected chi connectivity index (χ0v) is 12.7. The molecule has 0 amide bonds. The summed E-state index contributed by atoms with van der Waals surface area (Å²) < 4.78 is 11.2. The van der Waals surface area contributed by atoms with Gasteiger partial charge in [0.25, 0.3) is 0 Å². The molecule has 1 N–H and O–H groups in total. The molecule has 0 spiro atoms. The van der Waals surface area contributed by atoms with Crippen LogP contribution in [0.2, 0.25) is 0 Å². The molecular weight excluding hydrogens is 276 g/mol. The molecule has 0 aliphatic rings. The summed E-state index contributed by atoms with van der Waals surface area (Å²) in [5, 5.41) is 12.1. The maximum Gasteiger partial charge on any atom is 0.140 e. The number of hydrogen-bond donors (Lipinski definition) is 1. The first-order valence-corrected chi connectivity index (χ1v) is 6.94. The van der Waals surface area contributed by atoms with Gasteiger partial charge >= 0.3 is 0 Å². The van der Waals surface area contributed by atoms with E-state index in [0.717, 1.165) is 11.3 Å². The first-order valence-electron chi connectivity index (χ1n) is 6.94. The molecule has 0 saturated carbocycles. The summed E-state index contributed by atoms with van der Waals surface area (Å²) in [4.78, 5) is 0. The lowest BCUT2D eigenvalue weighted by Crippen LogP contribution is -2.07. The van der Waals surface area contributed by atoms with Crippen molar-refractivity contribution in [3.63, 3.8) is 0 Å². The SMILES string of the molecule is CNC/C=C(/Oc1ccc(C#N)c(OC)c1)c1ccccc1. The third-order valence-corrected chi connectivity index (χ3v) is 3.07. The Hall–Kier alpha value is -2.77. The third kappa shape index (κ3) is 3.87. The molecular formula is C18H18N2O2. The predicted octanol–water partition coefficient (Wildman–Crippen LogP) is 3.21. The van der Waals surface area contributed by atoms with E-state index in [1.807, 2.05) is 43.5 Å². The van der Waals surface area contributed by atoms with E-state index in [1.54, 1.807) is 18.2 Å². The standard InChI is InChI=1S/C18H18N2O2/c1-20-11-10-17(14-6-4-3-5-7-14)22-16-9-8-15(13-19)18(12-16)21-2/h3-10,12,20H,11H2,1-2H3/b17-10+. The van der Waals surface area contributed by atoms with Gasteiger partial charge in [-0.15, -0.1) is 0 Å². The van der Waals surface area contributed by atoms with Crippen molar-refractivity contribution >= 4 is 5.76 Å². The number of likely N-dealkylation sites (N-methyl/N-ethyl adjacent to an activating group) is 1. The van der Waals surface area contributed by atoms with E-state index in [9.17, 15) is 0 Å². The van der Waals surface area contributed by atoms with Gasteiger partial charge < -0.3 is 14.8 Å². The highest BCUT2D eigenvalue weighted by Crippen LogP contribution is 2.27. The second-order valence-electron chi connectivity index (χ2n) is 4.57. The fraction of sp³-hybridized carbons (Fsp3) is 0.167. The molecule has 22 heavy (non-hydrogen) atoms. The number of methoxy groups -OCH3 is 1. The Labute approximate surface area is 130 Å². The molecule has 4 nitrogen and oxygen atoms in total. The second kappa shape index (κ2) is 7.87. The lowest BCUT2D eigenvalue weighted by atomic mass is 10.1. The van der Waals surface area contributed by atoms with Crippen molar-refractivity contribution in [3.8, 4) is 17.6 Å². The molecule has 0 heterocycles. The van der Waals surface area contributed by atoms with Crippen LogP contribution in [0.25, 0.3) is 5.76 Å². The van der Waals surface area contributed by atoms with E-state index in [1.165, 1.54) is 7.11 Å². The van der Waals surface area contributed by atoms with Gasteiger partial charge in [-0.3, -0.25) is 0 Å². The average molecular weight is 294 g/mol. The van der Waals surface area contributed by atoms with E-state index in [4.69, 9.17) is 14.7 Å². The Morgan fingerprint density at radius 2 is 2.00 bits per heavy atom. The Bertz CT molecular complexity index is 688. The molecule has 2 rings (SSSR count). The number of rotatable bonds is 6. The average Bonchev–Trinajstić information content (AvgIpc) is 2.59. The minimum atomic E-state index is 0.482. The highest BCUT2D eigenvalue weighted by Gasteiger charge is 2.08. The van der Waals surface area contributed by atoms with Gasteiger partial charge in [0, 0.05) is 18.2 Å². The fourth-order valence-electron chi connectivity index (χ4n) is 1.97. The molecule has 0 aliphatic heterocycles. The molecule has 0 bridgehead atoms. The fourth-order valence-corrected chi connectivity index (χ4v) is 1.97. The molecule has 0 saturated heterocycles. The predicted molar refractivity (Wildman–Crippen MR) is 86.7 cm³/mol. The van der Waals surface area contributed by atoms with Gasteiger partial charge in [-0.1, -0.05) is 30.3 Å². The molecule has 0 radical (unpaired) electrons. The van der Waals surface area contributed by atoms with Crippen molar-refractivity contribution in [1.82, 2.24) is 5.32 Å². The van der Waals surface area contributed by atoms with Crippen LogP contribution < -0.4 is 14.8 Å². The first kappa shape index (κ1) is 15.6. The molecule has 4 heteroatoms. The Balaban J connectivity index is 2.30. The quantitative estimate of drug-likeness (QED) is 0.831. The van der Waals surface area contributed by atoms with Gasteiger partial charge in [0.15, 0.2) is 0 Å². The number of nitrogens with zero attached hydrogens (tertiary/aromatic N) is 1. The topological polar surface area (TPSA) is 54.3 Å². The van der Waals surface area contributed by atoms with E-state index < -0.39 is 0 Å². The minimum absolute atomic E-state index is 0.482. The second-order valence-corrected chi connectivity index (χ2v) is 4.57. The Kier molecular flexibility index (Phi) is 5.58. The van der Waals surface area contributed by atoms with Crippen molar-refractivity contribution in [1.29, 1.82) is 5.26 Å². The Morgan fingerprint density at radius 3 is 2.64 bits per heavy atom. The van der Waals surface area contributed by atoms with Crippen LogP contribution >= 0.6 is 0 Å². The van der Waals surface area contributed by atoms with Gasteiger partial charge in [0.1, 0.15) is 23.3 Å². The maximum atomic E-state index is 9.03. The van der Waals surface area contributed by atoms with Crippen LogP contribution in [0.5, 0.6) is 11.5 Å². The number of nitrogens with one attached hydrogen (secondary N) is 1. The first-order chi connectivity index (χ1) is 10.8. The monoisotopic (exact) mass is 294 g/mol. The summed E-state index contributed by atoms with van der Waals surface area (Å²) in [7, 11) is 3.42. The van der Waals surface area contributed by atoms with Crippen molar-refractivity contribution in [3.05, 3.63) is 65.7 Å². The van der Waals surface area contributed by atoms with Gasteiger partial charge in [-0.05, 0) is 25.3 Å². The van der Waals surface area contributed by atoms with E-state index >= 15 is 0 Å². The van der Waals surface area contributed by atoms with Crippen LogP contribution in [0, 0.1) is 11.3 Å². The summed E-state index contributed by atoms with van der Waals surface area (Å²) in [6, 6.07) is 17.1. The molecule has 0 aliphatic carbocycles. The zero-order valence-electron chi connectivity index (χ0n) is 12.7. The summed E-state index contributed by atoms with van der Waals surface area (Å²) >= 11 is 0. The number of benzene rings is 2. The molecule has 0 unspecified atom stereocenters. The van der Waals surface area contributed by atoms with Crippen molar-refractivity contribution < 1.29 is 9.47 Å². The smallest absolute Gasteiger partial charge is 0.140 e. The molecule has 2 aromatic rings. The van der Waals surface area contributed by atoms with E-state index in [-0.39, 0.29) is 0 Å². The van der Waals surface area contributed by atoms with Crippen LogP contribution in [-0.4, -0.2) is 20.7 Å². The van der Waals surface area contributed by atoms with Gasteiger partial charge in [0.05, 0.1) is 12.7 Å². The summed E-state index contributed by atoms with van der Waals surface area (Å²) in [5.41, 5.74) is 1.47. The summed E-state index contributed by atoms with van der Waals surface area (Å²) in [5.74, 6) is 1.88. The van der Waals surface area contributed by atoms with Crippen LogP contribution in [0.1, 0.15) is 11.1 Å². The highest BCUT2D eigenvalue weighted by atomic mass is 16.5. The third-order valence-electron chi connectivity index (χ3n) is 3.07. The van der Waals surface area contributed by atoms with E-state index in [0.29, 0.717) is 23.6 Å². The van der Waals surface area contributed by atoms with Gasteiger partial charge in [0.2, 0.25) is 0 Å².